The van der Waals surface area contributed by atoms with Crippen LogP contribution in [0.2, 0.25) is 0 Å². The van der Waals surface area contributed by atoms with Crippen LogP contribution in [0.25, 0.3) is 0 Å². The van der Waals surface area contributed by atoms with Crippen molar-refractivity contribution in [2.24, 2.45) is 5.92 Å². The fraction of sp³-hybridized carbons (Fsp3) is 0.533. The lowest BCUT2D eigenvalue weighted by molar-refractivity contribution is 0.0827. The van der Waals surface area contributed by atoms with Crippen molar-refractivity contribution < 1.29 is 9.53 Å². The lowest BCUT2D eigenvalue weighted by atomic mass is 10.1. The number of hydrogen-bond donors (Lipinski definition) is 0. The van der Waals surface area contributed by atoms with Gasteiger partial charge in [-0.25, -0.2) is 0 Å². The molecule has 2 rings (SSSR count). The van der Waals surface area contributed by atoms with E-state index in [9.17, 15) is 4.79 Å². The van der Waals surface area contributed by atoms with Gasteiger partial charge in [0.15, 0.2) is 0 Å². The predicted molar refractivity (Wildman–Crippen MR) is 76.7 cm³/mol. The molecular weight excluding hydrogens is 240 g/mol. The first-order valence-corrected chi connectivity index (χ1v) is 6.67. The molecule has 1 aromatic carbocycles. The number of amides is 1. The summed E-state index contributed by atoms with van der Waals surface area (Å²) in [6.45, 7) is 2.93. The molecule has 0 aliphatic carbocycles. The summed E-state index contributed by atoms with van der Waals surface area (Å²) in [4.78, 5) is 15.8. The van der Waals surface area contributed by atoms with Crippen LogP contribution in [0, 0.1) is 5.92 Å². The van der Waals surface area contributed by atoms with E-state index in [4.69, 9.17) is 4.74 Å². The lowest BCUT2D eigenvalue weighted by Gasteiger charge is -2.19. The lowest BCUT2D eigenvalue weighted by Crippen LogP contribution is -2.23. The minimum absolute atomic E-state index is 0.0465. The van der Waals surface area contributed by atoms with E-state index in [1.54, 1.807) is 26.1 Å². The smallest absolute Gasteiger partial charge is 0.253 e. The van der Waals surface area contributed by atoms with Gasteiger partial charge in [-0.05, 0) is 30.7 Å². The van der Waals surface area contributed by atoms with Crippen molar-refractivity contribution in [1.29, 1.82) is 0 Å². The van der Waals surface area contributed by atoms with Crippen LogP contribution in [0.3, 0.4) is 0 Å². The SMILES string of the molecule is COCC1CCN(c2ccc(C(=O)N(C)C)cc2)C1. The van der Waals surface area contributed by atoms with Crippen LogP contribution in [0.1, 0.15) is 16.8 Å². The van der Waals surface area contributed by atoms with Crippen molar-refractivity contribution in [3.8, 4) is 0 Å². The summed E-state index contributed by atoms with van der Waals surface area (Å²) in [5.41, 5.74) is 1.93. The zero-order valence-electron chi connectivity index (χ0n) is 11.9. The second-order valence-electron chi connectivity index (χ2n) is 5.30. The molecule has 1 aliphatic heterocycles. The van der Waals surface area contributed by atoms with Crippen LogP contribution >= 0.6 is 0 Å². The van der Waals surface area contributed by atoms with Gasteiger partial charge in [0.25, 0.3) is 5.91 Å². The standard InChI is InChI=1S/C15H22N2O2/c1-16(2)15(18)13-4-6-14(7-5-13)17-9-8-12(10-17)11-19-3/h4-7,12H,8-11H2,1-3H3. The van der Waals surface area contributed by atoms with E-state index in [1.165, 1.54) is 12.1 Å². The molecule has 1 atom stereocenters. The van der Waals surface area contributed by atoms with E-state index in [1.807, 2.05) is 24.3 Å². The highest BCUT2D eigenvalue weighted by Crippen LogP contribution is 2.24. The van der Waals surface area contributed by atoms with Gasteiger partial charge in [0, 0.05) is 51.5 Å². The minimum Gasteiger partial charge on any atom is -0.384 e. The van der Waals surface area contributed by atoms with E-state index < -0.39 is 0 Å². The van der Waals surface area contributed by atoms with Crippen LogP contribution in [0.15, 0.2) is 24.3 Å². The molecule has 4 heteroatoms. The Bertz CT molecular complexity index is 428. The molecule has 1 fully saturated rings. The van der Waals surface area contributed by atoms with Crippen molar-refractivity contribution in [1.82, 2.24) is 4.90 Å². The van der Waals surface area contributed by atoms with Crippen molar-refractivity contribution in [3.05, 3.63) is 29.8 Å². The van der Waals surface area contributed by atoms with Crippen LogP contribution in [-0.4, -0.2) is 51.7 Å². The number of hydrogen-bond acceptors (Lipinski definition) is 3. The predicted octanol–water partition coefficient (Wildman–Crippen LogP) is 1.86. The molecule has 0 radical (unpaired) electrons. The monoisotopic (exact) mass is 262 g/mol. The minimum atomic E-state index is 0.0465. The molecule has 4 nitrogen and oxygen atoms in total. The van der Waals surface area contributed by atoms with Gasteiger partial charge in [0.2, 0.25) is 0 Å². The van der Waals surface area contributed by atoms with E-state index in [-0.39, 0.29) is 5.91 Å². The fourth-order valence-electron chi connectivity index (χ4n) is 2.51. The summed E-state index contributed by atoms with van der Waals surface area (Å²) >= 11 is 0. The summed E-state index contributed by atoms with van der Waals surface area (Å²) in [5, 5.41) is 0. The van der Waals surface area contributed by atoms with E-state index in [2.05, 4.69) is 4.90 Å². The molecule has 1 aromatic rings. The van der Waals surface area contributed by atoms with E-state index in [0.29, 0.717) is 5.92 Å². The Balaban J connectivity index is 2.01. The highest BCUT2D eigenvalue weighted by Gasteiger charge is 2.22. The van der Waals surface area contributed by atoms with Crippen molar-refractivity contribution >= 4 is 11.6 Å². The molecular formula is C15H22N2O2. The molecule has 1 amide bonds. The first-order valence-electron chi connectivity index (χ1n) is 6.67. The molecule has 19 heavy (non-hydrogen) atoms. The van der Waals surface area contributed by atoms with Crippen LogP contribution < -0.4 is 4.90 Å². The molecule has 0 aromatic heterocycles. The Hall–Kier alpha value is -1.55. The van der Waals surface area contributed by atoms with Gasteiger partial charge in [-0.1, -0.05) is 0 Å². The number of rotatable bonds is 4. The average molecular weight is 262 g/mol. The van der Waals surface area contributed by atoms with Gasteiger partial charge in [0.1, 0.15) is 0 Å². The Morgan fingerprint density at radius 1 is 1.37 bits per heavy atom. The zero-order valence-corrected chi connectivity index (χ0v) is 11.9. The van der Waals surface area contributed by atoms with Gasteiger partial charge in [-0.15, -0.1) is 0 Å². The number of methoxy groups -OCH3 is 1. The highest BCUT2D eigenvalue weighted by molar-refractivity contribution is 5.94. The van der Waals surface area contributed by atoms with Crippen molar-refractivity contribution in [3.63, 3.8) is 0 Å². The van der Waals surface area contributed by atoms with Gasteiger partial charge in [0.05, 0.1) is 6.61 Å². The van der Waals surface area contributed by atoms with Crippen LogP contribution in [-0.2, 0) is 4.74 Å². The second kappa shape index (κ2) is 6.06. The summed E-state index contributed by atoms with van der Waals surface area (Å²) in [6, 6.07) is 7.88. The first-order chi connectivity index (χ1) is 9.11. The molecule has 1 saturated heterocycles. The Morgan fingerprint density at radius 2 is 2.05 bits per heavy atom. The maximum atomic E-state index is 11.8. The summed E-state index contributed by atoms with van der Waals surface area (Å²) < 4.78 is 5.21. The summed E-state index contributed by atoms with van der Waals surface area (Å²) in [5.74, 6) is 0.665. The van der Waals surface area contributed by atoms with Gasteiger partial charge in [-0.2, -0.15) is 0 Å². The normalized spacial score (nSPS) is 18.7. The highest BCUT2D eigenvalue weighted by atomic mass is 16.5. The maximum Gasteiger partial charge on any atom is 0.253 e. The third-order valence-electron chi connectivity index (χ3n) is 3.57. The molecule has 0 bridgehead atoms. The molecule has 1 aliphatic rings. The third kappa shape index (κ3) is 3.26. The maximum absolute atomic E-state index is 11.8. The number of ether oxygens (including phenoxy) is 1. The molecule has 0 spiro atoms. The number of benzene rings is 1. The van der Waals surface area contributed by atoms with Crippen molar-refractivity contribution in [2.75, 3.05) is 45.8 Å². The fourth-order valence-corrected chi connectivity index (χ4v) is 2.51. The topological polar surface area (TPSA) is 32.8 Å². The Labute approximate surface area is 115 Å². The quantitative estimate of drug-likeness (QED) is 0.830. The number of carbonyl (C=O) groups is 1. The Kier molecular flexibility index (Phi) is 4.43. The Morgan fingerprint density at radius 3 is 2.63 bits per heavy atom. The van der Waals surface area contributed by atoms with Crippen molar-refractivity contribution in [2.45, 2.75) is 6.42 Å². The van der Waals surface area contributed by atoms with Gasteiger partial charge >= 0.3 is 0 Å². The van der Waals surface area contributed by atoms with E-state index >= 15 is 0 Å². The number of anilines is 1. The van der Waals surface area contributed by atoms with E-state index in [0.717, 1.165) is 25.3 Å². The first kappa shape index (κ1) is 13.9. The van der Waals surface area contributed by atoms with Crippen LogP contribution in [0.4, 0.5) is 5.69 Å². The molecule has 104 valence electrons. The third-order valence-corrected chi connectivity index (χ3v) is 3.57. The molecule has 1 heterocycles. The molecule has 1 unspecified atom stereocenters. The zero-order chi connectivity index (χ0) is 13.8. The van der Waals surface area contributed by atoms with Gasteiger partial charge in [-0.3, -0.25) is 4.79 Å². The average Bonchev–Trinajstić information content (AvgIpc) is 2.87. The largest absolute Gasteiger partial charge is 0.384 e. The number of nitrogens with zero attached hydrogens (tertiary/aromatic N) is 2. The second-order valence-corrected chi connectivity index (χ2v) is 5.30. The molecule has 0 saturated carbocycles. The van der Waals surface area contributed by atoms with Gasteiger partial charge < -0.3 is 14.5 Å². The number of carbonyl (C=O) groups excluding carboxylic acids is 1. The molecule has 0 N–H and O–H groups in total. The summed E-state index contributed by atoms with van der Waals surface area (Å²) in [7, 11) is 5.29. The summed E-state index contributed by atoms with van der Waals surface area (Å²) in [6.07, 6.45) is 1.17. The van der Waals surface area contributed by atoms with Crippen LogP contribution in [0.5, 0.6) is 0 Å².